The number of hydrogen-bond acceptors (Lipinski definition) is 3. The number of imidazole rings is 1. The summed E-state index contributed by atoms with van der Waals surface area (Å²) in [4.78, 5) is 8.71. The fourth-order valence-electron chi connectivity index (χ4n) is 4.41. The van der Waals surface area contributed by atoms with Gasteiger partial charge in [-0.3, -0.25) is 0 Å². The van der Waals surface area contributed by atoms with Crippen LogP contribution < -0.4 is 5.73 Å². The molecule has 2 heterocycles. The number of fused-ring (bicyclic) bond motifs is 1. The lowest BCUT2D eigenvalue weighted by molar-refractivity contribution is 0.291. The Hall–Kier alpha value is -1.55. The Morgan fingerprint density at radius 2 is 1.92 bits per heavy atom. The zero-order chi connectivity index (χ0) is 16.5. The third-order valence-electron chi connectivity index (χ3n) is 5.76. The largest absolute Gasteiger partial charge is 0.384 e. The molecule has 0 aliphatic heterocycles. The summed E-state index contributed by atoms with van der Waals surface area (Å²) in [6, 6.07) is 1.96. The number of aromatic nitrogens is 3. The number of nitrogens with zero attached hydrogens (tertiary/aromatic N) is 3. The van der Waals surface area contributed by atoms with Crippen LogP contribution in [0.4, 0.5) is 5.82 Å². The van der Waals surface area contributed by atoms with Crippen molar-refractivity contribution >= 4 is 17.4 Å². The molecule has 1 saturated carbocycles. The Bertz CT molecular complexity index is 716. The lowest BCUT2D eigenvalue weighted by Gasteiger charge is -2.30. The first-order valence-electron chi connectivity index (χ1n) is 9.14. The Labute approximate surface area is 148 Å². The first-order chi connectivity index (χ1) is 11.7. The maximum atomic E-state index is 6.33. The van der Waals surface area contributed by atoms with Gasteiger partial charge in [0.2, 0.25) is 0 Å². The van der Waals surface area contributed by atoms with Gasteiger partial charge in [-0.1, -0.05) is 11.6 Å². The molecular formula is C19H25ClN4. The molecule has 0 atom stereocenters. The summed E-state index contributed by atoms with van der Waals surface area (Å²) in [7, 11) is 0. The van der Waals surface area contributed by atoms with Crippen LogP contribution in [0.15, 0.2) is 18.6 Å². The van der Waals surface area contributed by atoms with Gasteiger partial charge in [-0.25, -0.2) is 9.97 Å². The Balaban J connectivity index is 1.40. The highest BCUT2D eigenvalue weighted by Gasteiger charge is 2.25. The molecule has 4 rings (SSSR count). The van der Waals surface area contributed by atoms with Gasteiger partial charge in [0, 0.05) is 18.4 Å². The molecule has 2 aliphatic carbocycles. The maximum Gasteiger partial charge on any atom is 0.123 e. The molecular weight excluding hydrogens is 320 g/mol. The lowest BCUT2D eigenvalue weighted by atomic mass is 9.78. The number of anilines is 1. The third-order valence-corrected chi connectivity index (χ3v) is 6.07. The van der Waals surface area contributed by atoms with E-state index in [-0.39, 0.29) is 0 Å². The molecule has 0 saturated heterocycles. The summed E-state index contributed by atoms with van der Waals surface area (Å²) >= 11 is 6.33. The minimum atomic E-state index is 0.524. The number of nitrogen functional groups attached to an aromatic ring is 1. The Kier molecular flexibility index (Phi) is 4.49. The van der Waals surface area contributed by atoms with E-state index in [1.165, 1.54) is 61.9 Å². The number of nitrogens with two attached hydrogens (primary N) is 1. The van der Waals surface area contributed by atoms with Crippen molar-refractivity contribution in [1.82, 2.24) is 14.5 Å². The zero-order valence-corrected chi connectivity index (χ0v) is 14.8. The van der Waals surface area contributed by atoms with Crippen molar-refractivity contribution in [3.63, 3.8) is 0 Å². The smallest absolute Gasteiger partial charge is 0.123 e. The monoisotopic (exact) mass is 344 g/mol. The van der Waals surface area contributed by atoms with Crippen LogP contribution in [0.5, 0.6) is 0 Å². The molecule has 1 fully saturated rings. The highest BCUT2D eigenvalue weighted by molar-refractivity contribution is 6.31. The fraction of sp³-hybridized carbons (Fsp3) is 0.579. The molecule has 0 radical (unpaired) electrons. The molecule has 128 valence electrons. The van der Waals surface area contributed by atoms with Gasteiger partial charge in [-0.05, 0) is 74.8 Å². The van der Waals surface area contributed by atoms with Crippen molar-refractivity contribution in [1.29, 1.82) is 0 Å². The molecule has 5 heteroatoms. The van der Waals surface area contributed by atoms with E-state index in [9.17, 15) is 0 Å². The average Bonchev–Trinajstić information content (AvgIpc) is 3.01. The van der Waals surface area contributed by atoms with Gasteiger partial charge in [0.1, 0.15) is 5.82 Å². The van der Waals surface area contributed by atoms with E-state index < -0.39 is 0 Å². The summed E-state index contributed by atoms with van der Waals surface area (Å²) in [6.07, 6.45) is 13.6. The lowest BCUT2D eigenvalue weighted by Crippen LogP contribution is -2.20. The highest BCUT2D eigenvalue weighted by Crippen LogP contribution is 2.39. The molecule has 2 aromatic rings. The highest BCUT2D eigenvalue weighted by atomic mass is 35.5. The normalized spacial score (nSPS) is 23.9. The van der Waals surface area contributed by atoms with Crippen LogP contribution in [0.2, 0.25) is 5.02 Å². The molecule has 2 aliphatic rings. The first-order valence-corrected chi connectivity index (χ1v) is 9.52. The van der Waals surface area contributed by atoms with Gasteiger partial charge in [-0.2, -0.15) is 0 Å². The minimum Gasteiger partial charge on any atom is -0.384 e. The maximum absolute atomic E-state index is 6.33. The molecule has 2 N–H and O–H groups in total. The molecule has 2 aromatic heterocycles. The van der Waals surface area contributed by atoms with Crippen molar-refractivity contribution in [2.24, 2.45) is 5.92 Å². The predicted octanol–water partition coefficient (Wildman–Crippen LogP) is 4.37. The van der Waals surface area contributed by atoms with E-state index in [1.807, 2.05) is 6.07 Å². The number of aryl methyl sites for hydroxylation is 1. The molecule has 0 unspecified atom stereocenters. The SMILES string of the molecule is Nc1cc(C2CCC(Cn3cnc4c3CCCC4)CC2)c(Cl)cn1. The average molecular weight is 345 g/mol. The van der Waals surface area contributed by atoms with E-state index in [4.69, 9.17) is 17.3 Å². The van der Waals surface area contributed by atoms with Gasteiger partial charge >= 0.3 is 0 Å². The summed E-state index contributed by atoms with van der Waals surface area (Å²) in [6.45, 7) is 1.13. The van der Waals surface area contributed by atoms with Crippen LogP contribution in [0.1, 0.15) is 61.4 Å². The van der Waals surface area contributed by atoms with Gasteiger partial charge in [0.25, 0.3) is 0 Å². The van der Waals surface area contributed by atoms with E-state index in [0.717, 1.165) is 23.9 Å². The van der Waals surface area contributed by atoms with E-state index in [1.54, 1.807) is 6.20 Å². The molecule has 4 nitrogen and oxygen atoms in total. The number of rotatable bonds is 3. The van der Waals surface area contributed by atoms with Crippen LogP contribution in [0.3, 0.4) is 0 Å². The number of hydrogen-bond donors (Lipinski definition) is 1. The summed E-state index contributed by atoms with van der Waals surface area (Å²) in [5.41, 5.74) is 9.85. The van der Waals surface area contributed by atoms with E-state index in [2.05, 4.69) is 20.9 Å². The molecule has 24 heavy (non-hydrogen) atoms. The van der Waals surface area contributed by atoms with Crippen molar-refractivity contribution in [3.05, 3.63) is 40.6 Å². The summed E-state index contributed by atoms with van der Waals surface area (Å²) in [5, 5.41) is 0.760. The second-order valence-electron chi connectivity index (χ2n) is 7.35. The second-order valence-corrected chi connectivity index (χ2v) is 7.75. The van der Waals surface area contributed by atoms with Crippen LogP contribution in [0, 0.1) is 5.92 Å². The topological polar surface area (TPSA) is 56.7 Å². The van der Waals surface area contributed by atoms with Crippen LogP contribution in [-0.4, -0.2) is 14.5 Å². The third kappa shape index (κ3) is 3.16. The molecule has 0 aromatic carbocycles. The Morgan fingerprint density at radius 1 is 1.12 bits per heavy atom. The van der Waals surface area contributed by atoms with Gasteiger partial charge in [0.15, 0.2) is 0 Å². The minimum absolute atomic E-state index is 0.524. The van der Waals surface area contributed by atoms with Crippen molar-refractivity contribution in [2.45, 2.75) is 63.8 Å². The Morgan fingerprint density at radius 3 is 2.75 bits per heavy atom. The zero-order valence-electron chi connectivity index (χ0n) is 14.0. The van der Waals surface area contributed by atoms with Gasteiger partial charge in [0.05, 0.1) is 17.0 Å². The molecule has 0 bridgehead atoms. The van der Waals surface area contributed by atoms with Crippen molar-refractivity contribution in [2.75, 3.05) is 5.73 Å². The van der Waals surface area contributed by atoms with Crippen LogP contribution >= 0.6 is 11.6 Å². The predicted molar refractivity (Wildman–Crippen MR) is 97.2 cm³/mol. The molecule has 0 amide bonds. The molecule has 0 spiro atoms. The quantitative estimate of drug-likeness (QED) is 0.899. The van der Waals surface area contributed by atoms with E-state index >= 15 is 0 Å². The van der Waals surface area contributed by atoms with Crippen molar-refractivity contribution < 1.29 is 0 Å². The van der Waals surface area contributed by atoms with Gasteiger partial charge in [-0.15, -0.1) is 0 Å². The summed E-state index contributed by atoms with van der Waals surface area (Å²) in [5.74, 6) is 1.84. The van der Waals surface area contributed by atoms with Gasteiger partial charge < -0.3 is 10.3 Å². The standard InChI is InChI=1S/C19H25ClN4/c20-16-10-22-19(21)9-15(16)14-7-5-13(6-8-14)11-24-12-23-17-3-1-2-4-18(17)24/h9-10,12-14H,1-8,11H2,(H2,21,22). The number of pyridine rings is 1. The second kappa shape index (κ2) is 6.75. The van der Waals surface area contributed by atoms with E-state index in [0.29, 0.717) is 11.7 Å². The first kappa shape index (κ1) is 15.9. The van der Waals surface area contributed by atoms with Crippen LogP contribution in [-0.2, 0) is 19.4 Å². The fourth-order valence-corrected chi connectivity index (χ4v) is 4.66. The van der Waals surface area contributed by atoms with Crippen LogP contribution in [0.25, 0.3) is 0 Å². The van der Waals surface area contributed by atoms with Crippen molar-refractivity contribution in [3.8, 4) is 0 Å². The number of halogens is 1. The summed E-state index contributed by atoms with van der Waals surface area (Å²) < 4.78 is 2.43.